The lowest BCUT2D eigenvalue weighted by molar-refractivity contribution is 0.293. The summed E-state index contributed by atoms with van der Waals surface area (Å²) in [4.78, 5) is 0. The minimum atomic E-state index is -2.36. The molecule has 0 aliphatic carbocycles. The molecule has 2 aromatic carbocycles. The van der Waals surface area contributed by atoms with E-state index in [1.807, 2.05) is 0 Å². The molecule has 0 radical (unpaired) electrons. The highest BCUT2D eigenvalue weighted by Crippen LogP contribution is 2.36. The molecule has 126 valence electrons. The molecular weight excluding hydrogens is 423 g/mol. The van der Waals surface area contributed by atoms with Gasteiger partial charge in [0.25, 0.3) is 8.32 Å². The topological polar surface area (TPSA) is 9.23 Å². The summed E-state index contributed by atoms with van der Waals surface area (Å²) >= 11 is 2.09. The third-order valence-corrected chi connectivity index (χ3v) is 9.67. The van der Waals surface area contributed by atoms with E-state index in [0.717, 1.165) is 19.4 Å². The first-order valence-electron chi connectivity index (χ1n) is 8.36. The second-order valence-corrected chi connectivity index (χ2v) is 11.7. The quantitative estimate of drug-likeness (QED) is 0.269. The normalized spacial score (nSPS) is 11.7. The molecule has 0 amide bonds. The molecule has 0 aliphatic rings. The summed E-state index contributed by atoms with van der Waals surface area (Å²) in [6, 6.07) is 21.6. The number of hydrogen-bond acceptors (Lipinski definition) is 1. The zero-order valence-electron chi connectivity index (χ0n) is 14.7. The monoisotopic (exact) mass is 448 g/mol. The summed E-state index contributed by atoms with van der Waals surface area (Å²) in [5.74, 6) is 3.12. The van der Waals surface area contributed by atoms with Gasteiger partial charge < -0.3 is 4.43 Å². The molecule has 0 heterocycles. The second-order valence-electron chi connectivity index (χ2n) is 6.89. The molecular formula is C21H25IOSi. The van der Waals surface area contributed by atoms with Crippen LogP contribution < -0.4 is 10.4 Å². The number of benzene rings is 2. The van der Waals surface area contributed by atoms with E-state index in [-0.39, 0.29) is 5.04 Å². The Morgan fingerprint density at radius 2 is 1.42 bits per heavy atom. The molecule has 0 spiro atoms. The largest absolute Gasteiger partial charge is 0.407 e. The maximum atomic E-state index is 6.78. The van der Waals surface area contributed by atoms with Crippen LogP contribution in [0.3, 0.4) is 0 Å². The Morgan fingerprint density at radius 1 is 0.917 bits per heavy atom. The molecule has 0 unspecified atom stereocenters. The van der Waals surface area contributed by atoms with Crippen molar-refractivity contribution in [3.05, 3.63) is 60.7 Å². The van der Waals surface area contributed by atoms with Crippen molar-refractivity contribution in [1.82, 2.24) is 0 Å². The molecule has 0 aromatic heterocycles. The maximum Gasteiger partial charge on any atom is 0.261 e. The van der Waals surface area contributed by atoms with Crippen molar-refractivity contribution < 1.29 is 4.43 Å². The van der Waals surface area contributed by atoms with Gasteiger partial charge in [-0.1, -0.05) is 87.4 Å². The minimum Gasteiger partial charge on any atom is -0.407 e. The number of halogens is 1. The van der Waals surface area contributed by atoms with Crippen LogP contribution >= 0.6 is 22.6 Å². The zero-order valence-corrected chi connectivity index (χ0v) is 17.8. The smallest absolute Gasteiger partial charge is 0.261 e. The third kappa shape index (κ3) is 4.30. The summed E-state index contributed by atoms with van der Waals surface area (Å²) in [6.45, 7) is 7.68. The average Bonchev–Trinajstić information content (AvgIpc) is 2.59. The van der Waals surface area contributed by atoms with Gasteiger partial charge in [0.15, 0.2) is 0 Å². The standard InChI is InChI=1S/C21H25IOSi/c1-21(2,3)24(19-13-7-4-8-14-19,20-15-9-5-10-16-20)23-18-12-6-11-17-22/h4-5,7-10,13-16H,6,12,18H2,1-3H3. The fourth-order valence-electron chi connectivity index (χ4n) is 3.19. The molecule has 0 fully saturated rings. The average molecular weight is 448 g/mol. The van der Waals surface area contributed by atoms with E-state index in [4.69, 9.17) is 4.43 Å². The minimum absolute atomic E-state index is 0.0463. The van der Waals surface area contributed by atoms with Gasteiger partial charge in [-0.3, -0.25) is 0 Å². The molecule has 3 heteroatoms. The molecule has 2 rings (SSSR count). The summed E-state index contributed by atoms with van der Waals surface area (Å²) in [7, 11) is -2.36. The molecule has 0 bridgehead atoms. The second kappa shape index (κ2) is 8.84. The first-order valence-corrected chi connectivity index (χ1v) is 11.3. The lowest BCUT2D eigenvalue weighted by Gasteiger charge is -2.43. The highest BCUT2D eigenvalue weighted by Gasteiger charge is 2.49. The van der Waals surface area contributed by atoms with Crippen LogP contribution in [-0.2, 0) is 4.43 Å². The molecule has 0 saturated heterocycles. The highest BCUT2D eigenvalue weighted by atomic mass is 127. The third-order valence-electron chi connectivity index (χ3n) is 4.25. The summed E-state index contributed by atoms with van der Waals surface area (Å²) < 4.78 is 9.72. The first kappa shape index (κ1) is 19.2. The molecule has 2 aromatic rings. The van der Waals surface area contributed by atoms with E-state index in [1.54, 1.807) is 0 Å². The number of unbranched alkanes of at least 4 members (excludes halogenated alkanes) is 1. The van der Waals surface area contributed by atoms with Crippen LogP contribution in [0.15, 0.2) is 60.7 Å². The van der Waals surface area contributed by atoms with Crippen molar-refractivity contribution in [2.24, 2.45) is 0 Å². The first-order chi connectivity index (χ1) is 11.5. The molecule has 24 heavy (non-hydrogen) atoms. The van der Waals surface area contributed by atoms with Gasteiger partial charge in [0.2, 0.25) is 0 Å². The Labute approximate surface area is 161 Å². The van der Waals surface area contributed by atoms with Gasteiger partial charge in [-0.25, -0.2) is 0 Å². The zero-order chi connectivity index (χ0) is 17.5. The molecule has 0 N–H and O–H groups in total. The lowest BCUT2D eigenvalue weighted by Crippen LogP contribution is -2.66. The van der Waals surface area contributed by atoms with E-state index in [1.165, 1.54) is 10.4 Å². The molecule has 0 aliphatic heterocycles. The van der Waals surface area contributed by atoms with Gasteiger partial charge >= 0.3 is 0 Å². The van der Waals surface area contributed by atoms with Crippen LogP contribution in [0, 0.1) is 9.85 Å². The Balaban J connectivity index is 2.46. The SMILES string of the molecule is CC(C)(C)[Si](OCCCC#CI)(c1ccccc1)c1ccccc1. The maximum absolute atomic E-state index is 6.78. The summed E-state index contributed by atoms with van der Waals surface area (Å²) in [5.41, 5.74) is 0. The van der Waals surface area contributed by atoms with Crippen molar-refractivity contribution in [2.45, 2.75) is 38.7 Å². The van der Waals surface area contributed by atoms with E-state index >= 15 is 0 Å². The Kier molecular flexibility index (Phi) is 7.09. The van der Waals surface area contributed by atoms with E-state index in [9.17, 15) is 0 Å². The number of hydrogen-bond donors (Lipinski definition) is 0. The van der Waals surface area contributed by atoms with E-state index in [0.29, 0.717) is 0 Å². The lowest BCUT2D eigenvalue weighted by atomic mass is 10.2. The fraction of sp³-hybridized carbons (Fsp3) is 0.333. The van der Waals surface area contributed by atoms with E-state index in [2.05, 4.69) is 114 Å². The van der Waals surface area contributed by atoms with Crippen LogP contribution in [0.4, 0.5) is 0 Å². The summed E-state index contributed by atoms with van der Waals surface area (Å²) in [6.07, 6.45) is 1.86. The Bertz CT molecular complexity index is 641. The molecule has 0 saturated carbocycles. The fourth-order valence-corrected chi connectivity index (χ4v) is 8.07. The van der Waals surface area contributed by atoms with Gasteiger partial charge in [-0.15, -0.1) is 0 Å². The van der Waals surface area contributed by atoms with Crippen molar-refractivity contribution in [3.63, 3.8) is 0 Å². The highest BCUT2D eigenvalue weighted by molar-refractivity contribution is 14.1. The van der Waals surface area contributed by atoms with Crippen molar-refractivity contribution in [1.29, 1.82) is 0 Å². The van der Waals surface area contributed by atoms with Gasteiger partial charge in [0, 0.05) is 35.6 Å². The van der Waals surface area contributed by atoms with Crippen molar-refractivity contribution in [2.75, 3.05) is 6.61 Å². The van der Waals surface area contributed by atoms with Crippen LogP contribution in [0.5, 0.6) is 0 Å². The van der Waals surface area contributed by atoms with Gasteiger partial charge in [0.1, 0.15) is 0 Å². The Hall–Kier alpha value is -1.09. The van der Waals surface area contributed by atoms with Gasteiger partial charge in [0.05, 0.1) is 0 Å². The van der Waals surface area contributed by atoms with Gasteiger partial charge in [-0.2, -0.15) is 0 Å². The van der Waals surface area contributed by atoms with Crippen LogP contribution in [0.25, 0.3) is 0 Å². The van der Waals surface area contributed by atoms with Crippen LogP contribution in [0.2, 0.25) is 5.04 Å². The van der Waals surface area contributed by atoms with Crippen molar-refractivity contribution in [3.8, 4) is 9.85 Å². The van der Waals surface area contributed by atoms with Crippen molar-refractivity contribution >= 4 is 41.3 Å². The predicted octanol–water partition coefficient (Wildman–Crippen LogP) is 4.74. The summed E-state index contributed by atoms with van der Waals surface area (Å²) in [5, 5.41) is 2.72. The van der Waals surface area contributed by atoms with Gasteiger partial charge in [-0.05, 0) is 25.8 Å². The predicted molar refractivity (Wildman–Crippen MR) is 115 cm³/mol. The number of rotatable bonds is 6. The Morgan fingerprint density at radius 3 is 1.83 bits per heavy atom. The molecule has 0 atom stereocenters. The van der Waals surface area contributed by atoms with Crippen LogP contribution in [-0.4, -0.2) is 14.9 Å². The van der Waals surface area contributed by atoms with Crippen LogP contribution in [0.1, 0.15) is 33.6 Å². The molecule has 1 nitrogen and oxygen atoms in total. The van der Waals surface area contributed by atoms with E-state index < -0.39 is 8.32 Å².